The lowest BCUT2D eigenvalue weighted by Gasteiger charge is -2.30. The Morgan fingerprint density at radius 1 is 1.42 bits per heavy atom. The van der Waals surface area contributed by atoms with Crippen LogP contribution in [0.15, 0.2) is 24.3 Å². The van der Waals surface area contributed by atoms with Gasteiger partial charge in [-0.05, 0) is 37.0 Å². The summed E-state index contributed by atoms with van der Waals surface area (Å²) in [6, 6.07) is 7.78. The molecule has 4 heteroatoms. The third-order valence-electron chi connectivity index (χ3n) is 3.54. The molecule has 1 aliphatic rings. The van der Waals surface area contributed by atoms with Gasteiger partial charge in [-0.2, -0.15) is 0 Å². The molecule has 0 radical (unpaired) electrons. The highest BCUT2D eigenvalue weighted by Crippen LogP contribution is 2.15. The van der Waals surface area contributed by atoms with Gasteiger partial charge in [0.2, 0.25) is 5.91 Å². The van der Waals surface area contributed by atoms with E-state index in [1.54, 1.807) is 12.0 Å². The first-order chi connectivity index (χ1) is 9.19. The summed E-state index contributed by atoms with van der Waals surface area (Å²) in [6.07, 6.45) is 2.59. The number of methoxy groups -OCH3 is 1. The first-order valence-corrected chi connectivity index (χ1v) is 6.78. The van der Waals surface area contributed by atoms with Gasteiger partial charge in [0.25, 0.3) is 0 Å². The fraction of sp³-hybridized carbons (Fsp3) is 0.533. The van der Waals surface area contributed by atoms with Crippen molar-refractivity contribution in [3.05, 3.63) is 29.8 Å². The first kappa shape index (κ1) is 13.9. The molecule has 1 atom stereocenters. The minimum Gasteiger partial charge on any atom is -0.497 e. The van der Waals surface area contributed by atoms with Crippen LogP contribution in [0.5, 0.6) is 5.75 Å². The van der Waals surface area contributed by atoms with Crippen LogP contribution in [0.2, 0.25) is 0 Å². The number of hydrogen-bond donors (Lipinski definition) is 1. The predicted octanol–water partition coefficient (Wildman–Crippen LogP) is 1.61. The maximum atomic E-state index is 12.0. The van der Waals surface area contributed by atoms with Crippen LogP contribution >= 0.6 is 0 Å². The molecule has 0 bridgehead atoms. The maximum absolute atomic E-state index is 12.0. The minimum atomic E-state index is -0.348. The summed E-state index contributed by atoms with van der Waals surface area (Å²) in [5.74, 6) is 0.962. The van der Waals surface area contributed by atoms with Gasteiger partial charge in [-0.25, -0.2) is 0 Å². The number of aliphatic hydroxyl groups is 1. The van der Waals surface area contributed by atoms with E-state index in [1.165, 1.54) is 0 Å². The van der Waals surface area contributed by atoms with E-state index in [-0.39, 0.29) is 12.0 Å². The fourth-order valence-corrected chi connectivity index (χ4v) is 2.38. The number of aryl methyl sites for hydroxylation is 1. The molecule has 0 saturated carbocycles. The zero-order valence-electron chi connectivity index (χ0n) is 11.3. The lowest BCUT2D eigenvalue weighted by Crippen LogP contribution is -2.42. The summed E-state index contributed by atoms with van der Waals surface area (Å²) in [5, 5.41) is 9.56. The zero-order valence-corrected chi connectivity index (χ0v) is 11.3. The summed E-state index contributed by atoms with van der Waals surface area (Å²) in [7, 11) is 1.64. The average molecular weight is 263 g/mol. The van der Waals surface area contributed by atoms with E-state index in [1.807, 2.05) is 24.3 Å². The van der Waals surface area contributed by atoms with Crippen molar-refractivity contribution in [1.29, 1.82) is 0 Å². The largest absolute Gasteiger partial charge is 0.497 e. The number of β-amino-alcohol motifs (C(OH)–C–C–N with tert-alkyl or cyclic N) is 1. The molecule has 1 aliphatic heterocycles. The molecule has 19 heavy (non-hydrogen) atoms. The Labute approximate surface area is 114 Å². The van der Waals surface area contributed by atoms with Crippen LogP contribution in [0.3, 0.4) is 0 Å². The van der Waals surface area contributed by atoms with Gasteiger partial charge in [-0.3, -0.25) is 4.79 Å². The van der Waals surface area contributed by atoms with E-state index in [2.05, 4.69) is 0 Å². The molecule has 1 N–H and O–H groups in total. The molecule has 1 saturated heterocycles. The lowest BCUT2D eigenvalue weighted by atomic mass is 10.1. The van der Waals surface area contributed by atoms with E-state index in [9.17, 15) is 9.90 Å². The van der Waals surface area contributed by atoms with Gasteiger partial charge in [0.05, 0.1) is 13.2 Å². The number of benzene rings is 1. The highest BCUT2D eigenvalue weighted by Gasteiger charge is 2.21. The smallest absolute Gasteiger partial charge is 0.222 e. The van der Waals surface area contributed by atoms with Crippen LogP contribution in [0, 0.1) is 0 Å². The van der Waals surface area contributed by atoms with Crippen LogP contribution in [0.25, 0.3) is 0 Å². The topological polar surface area (TPSA) is 49.8 Å². The van der Waals surface area contributed by atoms with Crippen molar-refractivity contribution < 1.29 is 14.6 Å². The lowest BCUT2D eigenvalue weighted by molar-refractivity contribution is -0.134. The van der Waals surface area contributed by atoms with Crippen LogP contribution in [0.4, 0.5) is 0 Å². The average Bonchev–Trinajstić information content (AvgIpc) is 2.45. The van der Waals surface area contributed by atoms with Crippen LogP contribution in [-0.2, 0) is 11.2 Å². The van der Waals surface area contributed by atoms with Gasteiger partial charge in [-0.15, -0.1) is 0 Å². The minimum absolute atomic E-state index is 0.134. The Morgan fingerprint density at radius 3 is 2.79 bits per heavy atom. The van der Waals surface area contributed by atoms with Crippen molar-refractivity contribution in [3.8, 4) is 5.75 Å². The van der Waals surface area contributed by atoms with Crippen LogP contribution < -0.4 is 4.74 Å². The summed E-state index contributed by atoms with van der Waals surface area (Å²) >= 11 is 0. The number of nitrogens with zero attached hydrogens (tertiary/aromatic N) is 1. The molecule has 0 unspecified atom stereocenters. The van der Waals surface area contributed by atoms with E-state index in [0.29, 0.717) is 13.0 Å². The van der Waals surface area contributed by atoms with Crippen molar-refractivity contribution in [3.63, 3.8) is 0 Å². The molecular weight excluding hydrogens is 242 g/mol. The Bertz CT molecular complexity index is 416. The first-order valence-electron chi connectivity index (χ1n) is 6.78. The second-order valence-electron chi connectivity index (χ2n) is 4.98. The number of carbonyl (C=O) groups is 1. The number of carbonyl (C=O) groups excluding carboxylic acids is 1. The monoisotopic (exact) mass is 263 g/mol. The van der Waals surface area contributed by atoms with Crippen molar-refractivity contribution in [2.24, 2.45) is 0 Å². The molecule has 1 fully saturated rings. The van der Waals surface area contributed by atoms with Gasteiger partial charge in [-0.1, -0.05) is 12.1 Å². The molecule has 0 spiro atoms. The number of piperidine rings is 1. The number of aliphatic hydroxyl groups excluding tert-OH is 1. The van der Waals surface area contributed by atoms with E-state index < -0.39 is 0 Å². The molecule has 1 aromatic rings. The molecule has 104 valence electrons. The number of amides is 1. The molecule has 0 aromatic heterocycles. The molecule has 1 aromatic carbocycles. The van der Waals surface area contributed by atoms with E-state index >= 15 is 0 Å². The normalized spacial score (nSPS) is 19.3. The summed E-state index contributed by atoms with van der Waals surface area (Å²) in [4.78, 5) is 13.8. The Balaban J connectivity index is 1.82. The van der Waals surface area contributed by atoms with Crippen molar-refractivity contribution in [2.45, 2.75) is 31.8 Å². The van der Waals surface area contributed by atoms with E-state index in [4.69, 9.17) is 4.74 Å². The molecule has 4 nitrogen and oxygen atoms in total. The maximum Gasteiger partial charge on any atom is 0.222 e. The predicted molar refractivity (Wildman–Crippen MR) is 73.1 cm³/mol. The number of rotatable bonds is 4. The Hall–Kier alpha value is -1.55. The highest BCUT2D eigenvalue weighted by molar-refractivity contribution is 5.76. The number of ether oxygens (including phenoxy) is 1. The van der Waals surface area contributed by atoms with Gasteiger partial charge < -0.3 is 14.7 Å². The third kappa shape index (κ3) is 3.96. The van der Waals surface area contributed by atoms with Gasteiger partial charge in [0.1, 0.15) is 5.75 Å². The van der Waals surface area contributed by atoms with Crippen molar-refractivity contribution >= 4 is 5.91 Å². The van der Waals surface area contributed by atoms with Crippen molar-refractivity contribution in [2.75, 3.05) is 20.2 Å². The quantitative estimate of drug-likeness (QED) is 0.898. The molecular formula is C15H21NO3. The molecule has 1 amide bonds. The molecule has 2 rings (SSSR count). The Kier molecular flexibility index (Phi) is 4.80. The Morgan fingerprint density at radius 2 is 2.16 bits per heavy atom. The van der Waals surface area contributed by atoms with Gasteiger partial charge in [0.15, 0.2) is 0 Å². The SMILES string of the molecule is COc1ccc(CCC(=O)N2CCC[C@H](O)C2)cc1. The second-order valence-corrected chi connectivity index (χ2v) is 4.98. The zero-order chi connectivity index (χ0) is 13.7. The van der Waals surface area contributed by atoms with Gasteiger partial charge in [0, 0.05) is 19.5 Å². The number of likely N-dealkylation sites (tertiary alicyclic amines) is 1. The number of hydrogen-bond acceptors (Lipinski definition) is 3. The van der Waals surface area contributed by atoms with Gasteiger partial charge >= 0.3 is 0 Å². The second kappa shape index (κ2) is 6.57. The van der Waals surface area contributed by atoms with E-state index in [0.717, 1.165) is 37.1 Å². The summed E-state index contributed by atoms with van der Waals surface area (Å²) in [5.41, 5.74) is 1.13. The standard InChI is InChI=1S/C15H21NO3/c1-19-14-7-4-12(5-8-14)6-9-15(18)16-10-2-3-13(17)11-16/h4-5,7-8,13,17H,2-3,6,9-11H2,1H3/t13-/m0/s1. The summed E-state index contributed by atoms with van der Waals surface area (Å²) < 4.78 is 5.10. The van der Waals surface area contributed by atoms with Crippen LogP contribution in [0.1, 0.15) is 24.8 Å². The summed E-state index contributed by atoms with van der Waals surface area (Å²) in [6.45, 7) is 1.26. The van der Waals surface area contributed by atoms with Crippen LogP contribution in [-0.4, -0.2) is 42.2 Å². The third-order valence-corrected chi connectivity index (χ3v) is 3.54. The molecule has 0 aliphatic carbocycles. The highest BCUT2D eigenvalue weighted by atomic mass is 16.5. The molecule has 1 heterocycles. The fourth-order valence-electron chi connectivity index (χ4n) is 2.38. The van der Waals surface area contributed by atoms with Crippen molar-refractivity contribution in [1.82, 2.24) is 4.90 Å².